The molecule has 2 aromatic heterocycles. The van der Waals surface area contributed by atoms with E-state index in [4.69, 9.17) is 4.74 Å². The summed E-state index contributed by atoms with van der Waals surface area (Å²) in [6.07, 6.45) is 0. The van der Waals surface area contributed by atoms with Crippen LogP contribution in [0.2, 0.25) is 0 Å². The van der Waals surface area contributed by atoms with Crippen molar-refractivity contribution < 1.29 is 9.84 Å². The van der Waals surface area contributed by atoms with Gasteiger partial charge < -0.3 is 15.2 Å². The fourth-order valence-corrected chi connectivity index (χ4v) is 3.37. The maximum Gasteiger partial charge on any atom is 0.234 e. The predicted octanol–water partition coefficient (Wildman–Crippen LogP) is 3.87. The zero-order valence-electron chi connectivity index (χ0n) is 14.6. The highest BCUT2D eigenvalue weighted by atomic mass is 32.1. The molecule has 0 aliphatic rings. The number of aryl methyl sites for hydroxylation is 1. The fourth-order valence-electron chi connectivity index (χ4n) is 2.48. The van der Waals surface area contributed by atoms with Crippen LogP contribution in [0.1, 0.15) is 5.82 Å². The minimum absolute atomic E-state index is 0.208. The molecule has 4 rings (SSSR count). The van der Waals surface area contributed by atoms with E-state index in [2.05, 4.69) is 27.2 Å². The molecule has 27 heavy (non-hydrogen) atoms. The van der Waals surface area contributed by atoms with Crippen LogP contribution in [-0.4, -0.2) is 31.5 Å². The molecule has 0 amide bonds. The minimum atomic E-state index is 0.208. The summed E-state index contributed by atoms with van der Waals surface area (Å²) in [5, 5.41) is 26.0. The van der Waals surface area contributed by atoms with Crippen molar-refractivity contribution >= 4 is 22.0 Å². The van der Waals surface area contributed by atoms with Crippen molar-refractivity contribution in [3.63, 3.8) is 0 Å². The maximum atomic E-state index is 9.28. The van der Waals surface area contributed by atoms with Gasteiger partial charge in [-0.15, -0.1) is 10.2 Å². The number of nitrogens with one attached hydrogen (secondary N) is 1. The van der Waals surface area contributed by atoms with Crippen molar-refractivity contribution in [3.8, 4) is 22.1 Å². The molecule has 0 bridgehead atoms. The van der Waals surface area contributed by atoms with Gasteiger partial charge in [0.1, 0.15) is 23.1 Å². The van der Waals surface area contributed by atoms with Crippen molar-refractivity contribution in [2.75, 3.05) is 11.9 Å². The molecule has 0 atom stereocenters. The number of rotatable bonds is 6. The second-order valence-electron chi connectivity index (χ2n) is 5.94. The number of phenols is 1. The van der Waals surface area contributed by atoms with Crippen LogP contribution in [0.4, 0.5) is 5.69 Å². The molecule has 2 aromatic carbocycles. The molecule has 4 aromatic rings. The second-order valence-corrected chi connectivity index (χ2v) is 6.89. The number of ether oxygens (including phenoxy) is 1. The Hall–Kier alpha value is -3.39. The van der Waals surface area contributed by atoms with E-state index in [1.807, 2.05) is 31.2 Å². The van der Waals surface area contributed by atoms with E-state index >= 15 is 0 Å². The van der Waals surface area contributed by atoms with Gasteiger partial charge in [-0.3, -0.25) is 0 Å². The summed E-state index contributed by atoms with van der Waals surface area (Å²) < 4.78 is 7.37. The quantitative estimate of drug-likeness (QED) is 0.529. The van der Waals surface area contributed by atoms with E-state index in [9.17, 15) is 5.11 Å². The third-order valence-corrected chi connectivity index (χ3v) is 4.80. The van der Waals surface area contributed by atoms with E-state index in [0.29, 0.717) is 12.4 Å². The zero-order chi connectivity index (χ0) is 18.8. The Morgan fingerprint density at radius 3 is 2.59 bits per heavy atom. The second kappa shape index (κ2) is 7.08. The van der Waals surface area contributed by atoms with Crippen LogP contribution >= 0.6 is 11.3 Å². The third-order valence-electron chi connectivity index (χ3n) is 3.85. The predicted molar refractivity (Wildman–Crippen MR) is 105 cm³/mol. The van der Waals surface area contributed by atoms with Gasteiger partial charge in [0.25, 0.3) is 0 Å². The van der Waals surface area contributed by atoms with Crippen LogP contribution < -0.4 is 10.1 Å². The fraction of sp³-hybridized carbons (Fsp3) is 0.105. The molecule has 8 heteroatoms. The van der Waals surface area contributed by atoms with Crippen molar-refractivity contribution in [1.82, 2.24) is 19.8 Å². The van der Waals surface area contributed by atoms with Crippen molar-refractivity contribution in [2.24, 2.45) is 0 Å². The molecule has 0 aliphatic heterocycles. The smallest absolute Gasteiger partial charge is 0.234 e. The van der Waals surface area contributed by atoms with Gasteiger partial charge >= 0.3 is 0 Å². The van der Waals surface area contributed by atoms with Gasteiger partial charge in [-0.2, -0.15) is 9.61 Å². The van der Waals surface area contributed by atoms with Crippen LogP contribution in [0.15, 0.2) is 60.8 Å². The van der Waals surface area contributed by atoms with Gasteiger partial charge in [-0.25, -0.2) is 0 Å². The Balaban J connectivity index is 1.38. The Morgan fingerprint density at radius 2 is 1.89 bits per heavy atom. The number of hydrogen-bond donors (Lipinski definition) is 2. The number of phenolic OH excluding ortho intramolecular Hbond substituents is 1. The molecule has 0 spiro atoms. The van der Waals surface area contributed by atoms with Crippen molar-refractivity contribution in [1.29, 1.82) is 0 Å². The number of benzene rings is 2. The highest BCUT2D eigenvalue weighted by Gasteiger charge is 2.10. The molecule has 2 heterocycles. The number of nitrogens with zero attached hydrogens (tertiary/aromatic N) is 4. The van der Waals surface area contributed by atoms with Gasteiger partial charge in [0.05, 0.1) is 0 Å². The first kappa shape index (κ1) is 17.0. The lowest BCUT2D eigenvalue weighted by Gasteiger charge is -2.11. The van der Waals surface area contributed by atoms with Crippen LogP contribution in [-0.2, 0) is 0 Å². The summed E-state index contributed by atoms with van der Waals surface area (Å²) in [5.74, 6) is 1.65. The lowest BCUT2D eigenvalue weighted by molar-refractivity contribution is 0.353. The number of anilines is 1. The lowest BCUT2D eigenvalue weighted by Crippen LogP contribution is -2.08. The van der Waals surface area contributed by atoms with Gasteiger partial charge in [-0.05, 0) is 55.5 Å². The highest BCUT2D eigenvalue weighted by molar-refractivity contribution is 7.19. The average Bonchev–Trinajstić information content (AvgIpc) is 3.24. The largest absolute Gasteiger partial charge is 0.508 e. The van der Waals surface area contributed by atoms with Gasteiger partial charge in [0, 0.05) is 16.9 Å². The minimum Gasteiger partial charge on any atom is -0.508 e. The van der Waals surface area contributed by atoms with Crippen molar-refractivity contribution in [3.05, 3.63) is 66.6 Å². The summed E-state index contributed by atoms with van der Waals surface area (Å²) in [7, 11) is 0. The van der Waals surface area contributed by atoms with E-state index < -0.39 is 0 Å². The van der Waals surface area contributed by atoms with E-state index in [1.165, 1.54) is 11.3 Å². The molecule has 0 fully saturated rings. The molecule has 136 valence electrons. The maximum absolute atomic E-state index is 9.28. The lowest BCUT2D eigenvalue weighted by atomic mass is 10.2. The van der Waals surface area contributed by atoms with Crippen LogP contribution in [0.25, 0.3) is 15.5 Å². The number of hydrogen-bond acceptors (Lipinski definition) is 7. The molecule has 0 saturated heterocycles. The first-order valence-corrected chi connectivity index (χ1v) is 9.06. The van der Waals surface area contributed by atoms with E-state index in [1.54, 1.807) is 28.8 Å². The first-order chi connectivity index (χ1) is 13.1. The Bertz CT molecular complexity index is 1080. The molecule has 7 nitrogen and oxygen atoms in total. The number of fused-ring (bicyclic) bond motifs is 1. The topological polar surface area (TPSA) is 84.6 Å². The van der Waals surface area contributed by atoms with Crippen LogP contribution in [0.5, 0.6) is 11.5 Å². The molecule has 0 aliphatic carbocycles. The van der Waals surface area contributed by atoms with Gasteiger partial charge in [0.15, 0.2) is 5.82 Å². The highest BCUT2D eigenvalue weighted by Crippen LogP contribution is 2.26. The van der Waals surface area contributed by atoms with Gasteiger partial charge in [0.2, 0.25) is 4.96 Å². The normalized spacial score (nSPS) is 10.9. The van der Waals surface area contributed by atoms with Crippen molar-refractivity contribution in [2.45, 2.75) is 6.92 Å². The van der Waals surface area contributed by atoms with E-state index in [-0.39, 0.29) is 5.75 Å². The van der Waals surface area contributed by atoms with E-state index in [0.717, 1.165) is 32.7 Å². The standard InChI is InChI=1S/C19H17N5O2S/c1-12(11-26-17-9-7-16(25)8-10-17)20-15-5-3-14(4-6-15)18-23-24-13(2)21-22-19(24)27-18/h3-10,20,25H,1,11H2,2H3. The summed E-state index contributed by atoms with van der Waals surface area (Å²) in [6.45, 7) is 6.18. The molecule has 0 saturated carbocycles. The summed E-state index contributed by atoms with van der Waals surface area (Å²) in [4.78, 5) is 0.782. The Morgan fingerprint density at radius 1 is 1.15 bits per heavy atom. The zero-order valence-corrected chi connectivity index (χ0v) is 15.4. The summed E-state index contributed by atoms with van der Waals surface area (Å²) >= 11 is 1.50. The SMILES string of the molecule is C=C(COc1ccc(O)cc1)Nc1ccc(-c2nn3c(C)nnc3s2)cc1. The number of aromatic nitrogens is 4. The first-order valence-electron chi connectivity index (χ1n) is 8.24. The third kappa shape index (κ3) is 3.75. The average molecular weight is 379 g/mol. The van der Waals surface area contributed by atoms with Crippen LogP contribution in [0, 0.1) is 6.92 Å². The molecule has 2 N–H and O–H groups in total. The Labute approximate surface area is 159 Å². The molecule has 0 radical (unpaired) electrons. The van der Waals surface area contributed by atoms with Crippen LogP contribution in [0.3, 0.4) is 0 Å². The van der Waals surface area contributed by atoms with Gasteiger partial charge in [-0.1, -0.05) is 17.9 Å². The molecular formula is C19H17N5O2S. The summed E-state index contributed by atoms with van der Waals surface area (Å²) in [6, 6.07) is 14.5. The molecular weight excluding hydrogens is 362 g/mol. The molecule has 0 unspecified atom stereocenters. The number of aromatic hydroxyl groups is 1. The Kier molecular flexibility index (Phi) is 4.47. The summed E-state index contributed by atoms with van der Waals surface area (Å²) in [5.41, 5.74) is 2.66. The monoisotopic (exact) mass is 379 g/mol.